The van der Waals surface area contributed by atoms with Crippen LogP contribution in [-0.4, -0.2) is 31.4 Å². The molecular weight excluding hydrogens is 320 g/mol. The van der Waals surface area contributed by atoms with Gasteiger partial charge in [0.2, 0.25) is 0 Å². The van der Waals surface area contributed by atoms with Crippen molar-refractivity contribution in [3.05, 3.63) is 35.4 Å². The Labute approximate surface area is 144 Å². The molecule has 1 aliphatic heterocycles. The molecular formula is C19H26N2O2S. The van der Waals surface area contributed by atoms with E-state index in [0.717, 1.165) is 32.2 Å². The average Bonchev–Trinajstić information content (AvgIpc) is 2.88. The van der Waals surface area contributed by atoms with Crippen molar-refractivity contribution in [3.63, 3.8) is 0 Å². The predicted molar refractivity (Wildman–Crippen MR) is 93.8 cm³/mol. The van der Waals surface area contributed by atoms with Crippen LogP contribution >= 0.6 is 0 Å². The topological polar surface area (TPSA) is 49.4 Å². The fraction of sp³-hybridized carbons (Fsp3) is 0.684. The third-order valence-electron chi connectivity index (χ3n) is 7.16. The minimum atomic E-state index is -3.31. The smallest absolute Gasteiger partial charge is 0.195 e. The summed E-state index contributed by atoms with van der Waals surface area (Å²) in [6.07, 6.45) is 7.99. The third-order valence-corrected chi connectivity index (χ3v) is 8.75. The first-order chi connectivity index (χ1) is 11.6. The number of nitrogens with zero attached hydrogens (tertiary/aromatic N) is 1. The lowest BCUT2D eigenvalue weighted by molar-refractivity contribution is 0.187. The van der Waals surface area contributed by atoms with Gasteiger partial charge in [-0.15, -0.1) is 0 Å². The molecule has 4 aliphatic rings. The Morgan fingerprint density at radius 2 is 1.67 bits per heavy atom. The van der Waals surface area contributed by atoms with Gasteiger partial charge < -0.3 is 0 Å². The highest BCUT2D eigenvalue weighted by atomic mass is 32.2. The van der Waals surface area contributed by atoms with Crippen molar-refractivity contribution in [2.75, 3.05) is 13.1 Å². The minimum absolute atomic E-state index is 0.235. The second kappa shape index (κ2) is 5.29. The first-order valence-corrected chi connectivity index (χ1v) is 10.9. The SMILES string of the molecule is O=S1(=O)NC2(CN1CC1CCC1)[C@@H]1CC[C@H]2Cc2ccccc2C1. The van der Waals surface area contributed by atoms with Crippen LogP contribution in [0.15, 0.2) is 24.3 Å². The van der Waals surface area contributed by atoms with E-state index in [1.54, 1.807) is 4.31 Å². The standard InChI is InChI=1S/C19H26N2O2S/c22-24(23)20-19(13-21(24)12-14-4-3-5-14)17-8-9-18(19)11-16-7-2-1-6-15(16)10-17/h1-2,6-7,14,17-18,20H,3-5,8-13H2/t17-,18+,19?. The van der Waals surface area contributed by atoms with Gasteiger partial charge in [0.15, 0.2) is 0 Å². The molecule has 4 nitrogen and oxygen atoms in total. The Morgan fingerprint density at radius 1 is 1.04 bits per heavy atom. The summed E-state index contributed by atoms with van der Waals surface area (Å²) in [5, 5.41) is 0. The molecule has 0 amide bonds. The molecule has 2 saturated carbocycles. The lowest BCUT2D eigenvalue weighted by Gasteiger charge is -2.34. The molecule has 0 aromatic heterocycles. The van der Waals surface area contributed by atoms with E-state index in [1.165, 1.54) is 30.4 Å². The number of benzene rings is 1. The van der Waals surface area contributed by atoms with Crippen LogP contribution in [0.5, 0.6) is 0 Å². The third kappa shape index (κ3) is 2.21. The van der Waals surface area contributed by atoms with Crippen molar-refractivity contribution >= 4 is 10.2 Å². The molecule has 1 spiro atoms. The molecule has 3 fully saturated rings. The van der Waals surface area contributed by atoms with Gasteiger partial charge in [-0.05, 0) is 67.4 Å². The van der Waals surface area contributed by atoms with Crippen molar-refractivity contribution in [2.45, 2.75) is 50.5 Å². The number of fused-ring (bicyclic) bond motifs is 1. The van der Waals surface area contributed by atoms with Gasteiger partial charge in [-0.3, -0.25) is 0 Å². The lowest BCUT2D eigenvalue weighted by Crippen LogP contribution is -2.52. The fourth-order valence-corrected chi connectivity index (χ4v) is 7.37. The Kier molecular flexibility index (Phi) is 3.39. The Morgan fingerprint density at radius 3 is 2.21 bits per heavy atom. The monoisotopic (exact) mass is 346 g/mol. The second-order valence-electron chi connectivity index (χ2n) is 8.39. The van der Waals surface area contributed by atoms with Gasteiger partial charge in [0.1, 0.15) is 0 Å². The summed E-state index contributed by atoms with van der Waals surface area (Å²) >= 11 is 0. The molecule has 2 bridgehead atoms. The van der Waals surface area contributed by atoms with Crippen LogP contribution in [0.25, 0.3) is 0 Å². The van der Waals surface area contributed by atoms with Crippen LogP contribution in [0.1, 0.15) is 43.2 Å². The number of nitrogens with one attached hydrogen (secondary N) is 1. The summed E-state index contributed by atoms with van der Waals surface area (Å²) in [7, 11) is -3.31. The van der Waals surface area contributed by atoms with Crippen molar-refractivity contribution < 1.29 is 8.42 Å². The quantitative estimate of drug-likeness (QED) is 0.894. The highest BCUT2D eigenvalue weighted by Gasteiger charge is 2.59. The van der Waals surface area contributed by atoms with E-state index < -0.39 is 10.2 Å². The molecule has 1 aromatic rings. The maximum atomic E-state index is 12.8. The summed E-state index contributed by atoms with van der Waals surface area (Å²) in [5.41, 5.74) is 2.63. The van der Waals surface area contributed by atoms with E-state index in [0.29, 0.717) is 24.3 Å². The van der Waals surface area contributed by atoms with Crippen molar-refractivity contribution in [1.29, 1.82) is 0 Å². The molecule has 1 unspecified atom stereocenters. The van der Waals surface area contributed by atoms with Gasteiger partial charge in [-0.2, -0.15) is 17.4 Å². The van der Waals surface area contributed by atoms with Crippen LogP contribution in [0.4, 0.5) is 0 Å². The fourth-order valence-electron chi connectivity index (χ4n) is 5.57. The first-order valence-electron chi connectivity index (χ1n) is 9.43. The van der Waals surface area contributed by atoms with Gasteiger partial charge >= 0.3 is 0 Å². The zero-order valence-corrected chi connectivity index (χ0v) is 14.9. The van der Waals surface area contributed by atoms with E-state index >= 15 is 0 Å². The number of hydrogen-bond acceptors (Lipinski definition) is 2. The van der Waals surface area contributed by atoms with Gasteiger partial charge in [0, 0.05) is 13.1 Å². The Balaban J connectivity index is 1.48. The van der Waals surface area contributed by atoms with Crippen LogP contribution in [0, 0.1) is 17.8 Å². The highest BCUT2D eigenvalue weighted by molar-refractivity contribution is 7.87. The molecule has 1 aromatic carbocycles. The van der Waals surface area contributed by atoms with E-state index in [4.69, 9.17) is 0 Å². The average molecular weight is 346 g/mol. The van der Waals surface area contributed by atoms with Crippen LogP contribution < -0.4 is 4.72 Å². The van der Waals surface area contributed by atoms with E-state index in [2.05, 4.69) is 29.0 Å². The normalized spacial score (nSPS) is 38.0. The zero-order valence-electron chi connectivity index (χ0n) is 14.1. The van der Waals surface area contributed by atoms with E-state index in [9.17, 15) is 8.42 Å². The van der Waals surface area contributed by atoms with Gasteiger partial charge in [0.25, 0.3) is 10.2 Å². The summed E-state index contributed by atoms with van der Waals surface area (Å²) in [6.45, 7) is 1.42. The zero-order chi connectivity index (χ0) is 16.4. The van der Waals surface area contributed by atoms with Gasteiger partial charge in [-0.25, -0.2) is 0 Å². The molecule has 0 radical (unpaired) electrons. The van der Waals surface area contributed by atoms with Crippen molar-refractivity contribution in [3.8, 4) is 0 Å². The maximum Gasteiger partial charge on any atom is 0.280 e. The molecule has 5 heteroatoms. The minimum Gasteiger partial charge on any atom is -0.195 e. The Hall–Kier alpha value is -0.910. The molecule has 1 heterocycles. The van der Waals surface area contributed by atoms with Crippen LogP contribution in [0.2, 0.25) is 0 Å². The second-order valence-corrected chi connectivity index (χ2v) is 10.1. The first kappa shape index (κ1) is 15.4. The molecule has 1 saturated heterocycles. The molecule has 3 atom stereocenters. The summed E-state index contributed by atoms with van der Waals surface area (Å²) < 4.78 is 30.6. The van der Waals surface area contributed by atoms with E-state index in [1.807, 2.05) is 0 Å². The molecule has 24 heavy (non-hydrogen) atoms. The molecule has 3 aliphatic carbocycles. The van der Waals surface area contributed by atoms with Crippen LogP contribution in [-0.2, 0) is 23.1 Å². The highest BCUT2D eigenvalue weighted by Crippen LogP contribution is 2.50. The summed E-state index contributed by atoms with van der Waals surface area (Å²) in [5.74, 6) is 1.46. The summed E-state index contributed by atoms with van der Waals surface area (Å²) in [6, 6.07) is 8.71. The Bertz CT molecular complexity index is 723. The van der Waals surface area contributed by atoms with Crippen molar-refractivity contribution in [1.82, 2.24) is 9.03 Å². The molecule has 130 valence electrons. The number of rotatable bonds is 2. The maximum absolute atomic E-state index is 12.8. The predicted octanol–water partition coefficient (Wildman–Crippen LogP) is 2.50. The van der Waals surface area contributed by atoms with E-state index in [-0.39, 0.29) is 5.54 Å². The lowest BCUT2D eigenvalue weighted by atomic mass is 9.79. The molecule has 1 N–H and O–H groups in total. The van der Waals surface area contributed by atoms with Crippen LogP contribution in [0.3, 0.4) is 0 Å². The van der Waals surface area contributed by atoms with Gasteiger partial charge in [0.05, 0.1) is 5.54 Å². The summed E-state index contributed by atoms with van der Waals surface area (Å²) in [4.78, 5) is 0. The molecule has 5 rings (SSSR count). The van der Waals surface area contributed by atoms with Gasteiger partial charge in [-0.1, -0.05) is 30.7 Å². The van der Waals surface area contributed by atoms with Crippen molar-refractivity contribution in [2.24, 2.45) is 17.8 Å². The number of hydrogen-bond donors (Lipinski definition) is 1. The largest absolute Gasteiger partial charge is 0.280 e.